The Morgan fingerprint density at radius 1 is 1.45 bits per heavy atom. The molecular formula is C15H24N2O3. The van der Waals surface area contributed by atoms with Crippen LogP contribution in [0.5, 0.6) is 0 Å². The maximum atomic E-state index is 12.4. The van der Waals surface area contributed by atoms with E-state index in [9.17, 15) is 4.79 Å². The van der Waals surface area contributed by atoms with Crippen molar-refractivity contribution in [3.05, 3.63) is 24.2 Å². The Labute approximate surface area is 120 Å². The van der Waals surface area contributed by atoms with Crippen LogP contribution >= 0.6 is 0 Å². The Morgan fingerprint density at radius 2 is 2.25 bits per heavy atom. The van der Waals surface area contributed by atoms with Crippen LogP contribution in [0.4, 0.5) is 4.79 Å². The molecule has 0 saturated heterocycles. The van der Waals surface area contributed by atoms with Crippen molar-refractivity contribution < 1.29 is 13.9 Å². The van der Waals surface area contributed by atoms with Crippen LogP contribution in [0.15, 0.2) is 22.8 Å². The molecular weight excluding hydrogens is 256 g/mol. The number of hydrogen-bond donors (Lipinski definition) is 1. The Morgan fingerprint density at radius 3 is 2.90 bits per heavy atom. The molecule has 2 amide bonds. The van der Waals surface area contributed by atoms with E-state index in [1.54, 1.807) is 18.3 Å². The monoisotopic (exact) mass is 280 g/mol. The molecule has 0 bridgehead atoms. The Hall–Kier alpha value is -1.49. The van der Waals surface area contributed by atoms with E-state index in [0.717, 1.165) is 18.6 Å². The van der Waals surface area contributed by atoms with Crippen LogP contribution in [0.2, 0.25) is 0 Å². The third-order valence-corrected chi connectivity index (χ3v) is 3.71. The number of amides is 2. The van der Waals surface area contributed by atoms with Crippen molar-refractivity contribution in [2.45, 2.75) is 44.7 Å². The third kappa shape index (κ3) is 4.56. The smallest absolute Gasteiger partial charge is 0.318 e. The number of ether oxygens (including phenoxy) is 1. The first-order chi connectivity index (χ1) is 9.79. The maximum absolute atomic E-state index is 12.4. The minimum atomic E-state index is -0.0228. The second-order valence-corrected chi connectivity index (χ2v) is 5.28. The average molecular weight is 280 g/mol. The summed E-state index contributed by atoms with van der Waals surface area (Å²) in [7, 11) is 1.64. The van der Waals surface area contributed by atoms with E-state index < -0.39 is 0 Å². The van der Waals surface area contributed by atoms with Gasteiger partial charge in [0.1, 0.15) is 5.76 Å². The molecule has 0 radical (unpaired) electrons. The highest BCUT2D eigenvalue weighted by Crippen LogP contribution is 2.17. The molecule has 5 heteroatoms. The number of rotatable bonds is 6. The fourth-order valence-electron chi connectivity index (χ4n) is 2.56. The van der Waals surface area contributed by atoms with Gasteiger partial charge in [-0.15, -0.1) is 0 Å². The summed E-state index contributed by atoms with van der Waals surface area (Å²) in [6.07, 6.45) is 7.51. The molecule has 0 aliphatic heterocycles. The van der Waals surface area contributed by atoms with Crippen molar-refractivity contribution in [2.75, 3.05) is 20.3 Å². The lowest BCUT2D eigenvalue weighted by molar-refractivity contribution is 0.140. The van der Waals surface area contributed by atoms with Crippen LogP contribution in [0.1, 0.15) is 37.9 Å². The fourth-order valence-corrected chi connectivity index (χ4v) is 2.56. The van der Waals surface area contributed by atoms with E-state index in [1.165, 1.54) is 19.3 Å². The molecule has 20 heavy (non-hydrogen) atoms. The molecule has 0 unspecified atom stereocenters. The topological polar surface area (TPSA) is 54.7 Å². The third-order valence-electron chi connectivity index (χ3n) is 3.71. The van der Waals surface area contributed by atoms with E-state index in [-0.39, 0.29) is 6.03 Å². The van der Waals surface area contributed by atoms with Crippen LogP contribution in [0, 0.1) is 0 Å². The molecule has 112 valence electrons. The largest absolute Gasteiger partial charge is 0.467 e. The zero-order valence-corrected chi connectivity index (χ0v) is 12.1. The highest BCUT2D eigenvalue weighted by atomic mass is 16.5. The molecule has 0 atom stereocenters. The predicted molar refractivity (Wildman–Crippen MR) is 76.4 cm³/mol. The van der Waals surface area contributed by atoms with Gasteiger partial charge in [0.05, 0.1) is 19.4 Å². The van der Waals surface area contributed by atoms with Crippen LogP contribution in [-0.4, -0.2) is 37.2 Å². The average Bonchev–Trinajstić information content (AvgIpc) is 2.97. The molecule has 1 saturated carbocycles. The van der Waals surface area contributed by atoms with Crippen molar-refractivity contribution in [2.24, 2.45) is 0 Å². The fraction of sp³-hybridized carbons (Fsp3) is 0.667. The van der Waals surface area contributed by atoms with Crippen molar-refractivity contribution in [3.8, 4) is 0 Å². The summed E-state index contributed by atoms with van der Waals surface area (Å²) in [5, 5.41) is 3.13. The van der Waals surface area contributed by atoms with E-state index in [1.807, 2.05) is 12.1 Å². The van der Waals surface area contributed by atoms with Gasteiger partial charge < -0.3 is 19.4 Å². The van der Waals surface area contributed by atoms with Crippen LogP contribution in [0.25, 0.3) is 0 Å². The van der Waals surface area contributed by atoms with Gasteiger partial charge in [0.25, 0.3) is 0 Å². The number of nitrogens with zero attached hydrogens (tertiary/aromatic N) is 1. The molecule has 1 aliphatic carbocycles. The second kappa shape index (κ2) is 7.94. The Balaban J connectivity index is 1.88. The van der Waals surface area contributed by atoms with Crippen LogP contribution < -0.4 is 5.32 Å². The van der Waals surface area contributed by atoms with Gasteiger partial charge in [-0.25, -0.2) is 4.79 Å². The summed E-state index contributed by atoms with van der Waals surface area (Å²) in [4.78, 5) is 14.1. The lowest BCUT2D eigenvalue weighted by Crippen LogP contribution is -2.46. The molecule has 1 aromatic rings. The summed E-state index contributed by atoms with van der Waals surface area (Å²) in [5.41, 5.74) is 0. The number of carbonyl (C=O) groups is 1. The van der Waals surface area contributed by atoms with Gasteiger partial charge in [-0.2, -0.15) is 0 Å². The van der Waals surface area contributed by atoms with Gasteiger partial charge in [-0.3, -0.25) is 0 Å². The van der Waals surface area contributed by atoms with Crippen LogP contribution in [0.3, 0.4) is 0 Å². The quantitative estimate of drug-likeness (QED) is 0.871. The SMILES string of the molecule is COCCN(Cc1ccco1)C(=O)NC1CCCCC1. The van der Waals surface area contributed by atoms with Crippen molar-refractivity contribution >= 4 is 6.03 Å². The van der Waals surface area contributed by atoms with Crippen molar-refractivity contribution in [1.82, 2.24) is 10.2 Å². The maximum Gasteiger partial charge on any atom is 0.318 e. The lowest BCUT2D eigenvalue weighted by Gasteiger charge is -2.27. The summed E-state index contributed by atoms with van der Waals surface area (Å²) >= 11 is 0. The second-order valence-electron chi connectivity index (χ2n) is 5.28. The number of nitrogens with one attached hydrogen (secondary N) is 1. The number of furan rings is 1. The molecule has 1 fully saturated rings. The zero-order chi connectivity index (χ0) is 14.2. The molecule has 1 aliphatic rings. The number of carbonyl (C=O) groups excluding carboxylic acids is 1. The first-order valence-electron chi connectivity index (χ1n) is 7.36. The highest BCUT2D eigenvalue weighted by molar-refractivity contribution is 5.74. The van der Waals surface area contributed by atoms with Crippen molar-refractivity contribution in [3.63, 3.8) is 0 Å². The number of urea groups is 1. The molecule has 0 spiro atoms. The first-order valence-corrected chi connectivity index (χ1v) is 7.36. The Bertz CT molecular complexity index is 386. The highest BCUT2D eigenvalue weighted by Gasteiger charge is 2.20. The molecule has 0 aromatic carbocycles. The van der Waals surface area contributed by atoms with Gasteiger partial charge in [-0.1, -0.05) is 19.3 Å². The minimum Gasteiger partial charge on any atom is -0.467 e. The zero-order valence-electron chi connectivity index (χ0n) is 12.1. The van der Waals surface area contributed by atoms with E-state index in [2.05, 4.69) is 5.32 Å². The van der Waals surface area contributed by atoms with E-state index >= 15 is 0 Å². The lowest BCUT2D eigenvalue weighted by atomic mass is 9.96. The molecule has 1 aromatic heterocycles. The molecule has 5 nitrogen and oxygen atoms in total. The van der Waals surface area contributed by atoms with Gasteiger partial charge >= 0.3 is 6.03 Å². The Kier molecular flexibility index (Phi) is 5.92. The summed E-state index contributed by atoms with van der Waals surface area (Å²) < 4.78 is 10.4. The number of methoxy groups -OCH3 is 1. The molecule has 1 N–H and O–H groups in total. The standard InChI is InChI=1S/C15H24N2O3/c1-19-11-9-17(12-14-8-5-10-20-14)15(18)16-13-6-3-2-4-7-13/h5,8,10,13H,2-4,6-7,9,11-12H2,1H3,(H,16,18). The summed E-state index contributed by atoms with van der Waals surface area (Å²) in [5.74, 6) is 0.792. The summed E-state index contributed by atoms with van der Waals surface area (Å²) in [6.45, 7) is 1.57. The molecule has 2 rings (SSSR count). The molecule has 1 heterocycles. The predicted octanol–water partition coefficient (Wildman–Crippen LogP) is 2.77. The van der Waals surface area contributed by atoms with Crippen LogP contribution in [-0.2, 0) is 11.3 Å². The van der Waals surface area contributed by atoms with E-state index in [0.29, 0.717) is 25.7 Å². The van der Waals surface area contributed by atoms with Crippen molar-refractivity contribution in [1.29, 1.82) is 0 Å². The van der Waals surface area contributed by atoms with Gasteiger partial charge in [0.15, 0.2) is 0 Å². The first kappa shape index (κ1) is 14.9. The van der Waals surface area contributed by atoms with E-state index in [4.69, 9.17) is 9.15 Å². The minimum absolute atomic E-state index is 0.0228. The number of hydrogen-bond acceptors (Lipinski definition) is 3. The normalized spacial score (nSPS) is 16.1. The van der Waals surface area contributed by atoms with Gasteiger partial charge in [0.2, 0.25) is 0 Å². The summed E-state index contributed by atoms with van der Waals surface area (Å²) in [6, 6.07) is 4.01. The van der Waals surface area contributed by atoms with Gasteiger partial charge in [-0.05, 0) is 25.0 Å². The van der Waals surface area contributed by atoms with Gasteiger partial charge in [0, 0.05) is 19.7 Å².